The third-order valence-corrected chi connectivity index (χ3v) is 5.87. The van der Waals surface area contributed by atoms with E-state index in [2.05, 4.69) is 19.2 Å². The number of likely N-dealkylation sites (tertiary alicyclic amines) is 1. The largest absolute Gasteiger partial charge is 0.347 e. The number of carbonyl (C=O) groups is 1. The summed E-state index contributed by atoms with van der Waals surface area (Å²) in [4.78, 5) is 14.6. The molecule has 2 amide bonds. The van der Waals surface area contributed by atoms with Gasteiger partial charge in [-0.05, 0) is 38.0 Å². The Morgan fingerprint density at radius 3 is 2.50 bits per heavy atom. The van der Waals surface area contributed by atoms with Gasteiger partial charge in [0.15, 0.2) is 5.79 Å². The first kappa shape index (κ1) is 16.1. The molecule has 1 N–H and O–H groups in total. The van der Waals surface area contributed by atoms with Crippen molar-refractivity contribution < 1.29 is 14.3 Å². The van der Waals surface area contributed by atoms with Crippen LogP contribution in [0.5, 0.6) is 0 Å². The van der Waals surface area contributed by atoms with Gasteiger partial charge in [0.2, 0.25) is 0 Å². The molecule has 0 aromatic carbocycles. The van der Waals surface area contributed by atoms with E-state index >= 15 is 0 Å². The molecule has 2 heterocycles. The van der Waals surface area contributed by atoms with Crippen LogP contribution in [0.1, 0.15) is 52.9 Å². The minimum atomic E-state index is -0.508. The molecule has 3 fully saturated rings. The fourth-order valence-corrected chi connectivity index (χ4v) is 4.19. The summed E-state index contributed by atoms with van der Waals surface area (Å²) in [7, 11) is 0. The number of nitrogens with zero attached hydrogens (tertiary/aromatic N) is 1. The Hall–Kier alpha value is -0.810. The number of rotatable bonds is 2. The highest BCUT2D eigenvalue weighted by molar-refractivity contribution is 5.74. The van der Waals surface area contributed by atoms with E-state index in [1.165, 1.54) is 12.8 Å². The molecule has 0 spiro atoms. The topological polar surface area (TPSA) is 50.8 Å². The maximum absolute atomic E-state index is 12.6. The summed E-state index contributed by atoms with van der Waals surface area (Å²) in [5, 5.41) is 3.27. The van der Waals surface area contributed by atoms with Gasteiger partial charge in [0.05, 0.1) is 13.2 Å². The molecule has 2 saturated heterocycles. The molecule has 2 atom stereocenters. The lowest BCUT2D eigenvalue weighted by Gasteiger charge is -2.40. The molecule has 5 nitrogen and oxygen atoms in total. The maximum atomic E-state index is 12.6. The van der Waals surface area contributed by atoms with Crippen molar-refractivity contribution in [1.82, 2.24) is 10.2 Å². The number of piperidine rings is 1. The van der Waals surface area contributed by atoms with Crippen LogP contribution in [0.15, 0.2) is 0 Å². The molecule has 5 heteroatoms. The summed E-state index contributed by atoms with van der Waals surface area (Å²) in [5.74, 6) is -0.239. The minimum absolute atomic E-state index is 0.0891. The van der Waals surface area contributed by atoms with E-state index < -0.39 is 5.79 Å². The quantitative estimate of drug-likeness (QED) is 0.853. The Balaban J connectivity index is 1.58. The van der Waals surface area contributed by atoms with Crippen LogP contribution in [0.25, 0.3) is 0 Å². The van der Waals surface area contributed by atoms with Gasteiger partial charge in [0.25, 0.3) is 0 Å². The van der Waals surface area contributed by atoms with E-state index in [0.717, 1.165) is 32.4 Å². The van der Waals surface area contributed by atoms with Crippen LogP contribution in [0.2, 0.25) is 0 Å². The van der Waals surface area contributed by atoms with Crippen LogP contribution in [-0.2, 0) is 9.47 Å². The van der Waals surface area contributed by atoms with Gasteiger partial charge in [0, 0.05) is 25.0 Å². The fraction of sp³-hybridized carbons (Fsp3) is 0.941. The Morgan fingerprint density at radius 1 is 1.14 bits per heavy atom. The van der Waals surface area contributed by atoms with E-state index in [0.29, 0.717) is 19.3 Å². The fourth-order valence-electron chi connectivity index (χ4n) is 4.19. The van der Waals surface area contributed by atoms with Gasteiger partial charge in [-0.2, -0.15) is 0 Å². The lowest BCUT2D eigenvalue weighted by Crippen LogP contribution is -2.54. The summed E-state index contributed by atoms with van der Waals surface area (Å²) in [5.41, 5.74) is 0.217. The highest BCUT2D eigenvalue weighted by Crippen LogP contribution is 2.38. The highest BCUT2D eigenvalue weighted by Gasteiger charge is 2.43. The zero-order valence-corrected chi connectivity index (χ0v) is 14.2. The summed E-state index contributed by atoms with van der Waals surface area (Å²) >= 11 is 0. The van der Waals surface area contributed by atoms with E-state index in [4.69, 9.17) is 9.47 Å². The van der Waals surface area contributed by atoms with Crippen molar-refractivity contribution in [3.8, 4) is 0 Å². The van der Waals surface area contributed by atoms with E-state index in [1.54, 1.807) is 0 Å². The Kier molecular flexibility index (Phi) is 4.38. The summed E-state index contributed by atoms with van der Waals surface area (Å²) in [6.45, 7) is 9.43. The van der Waals surface area contributed by atoms with Crippen molar-refractivity contribution in [2.75, 3.05) is 26.3 Å². The molecular formula is C17H30N2O3. The molecule has 126 valence electrons. The lowest BCUT2D eigenvalue weighted by molar-refractivity contribution is -0.189. The number of hydrogen-bond acceptors (Lipinski definition) is 3. The Labute approximate surface area is 133 Å². The predicted molar refractivity (Wildman–Crippen MR) is 84.6 cm³/mol. The van der Waals surface area contributed by atoms with Crippen molar-refractivity contribution in [2.45, 2.75) is 64.7 Å². The molecule has 0 bridgehead atoms. The molecule has 3 rings (SSSR count). The standard InChI is InChI=1S/C17H30N2O3/c1-16(2)8-4-7-14(16)18-15(20)19-9-5-6-13(12-19)17(3)21-10-11-22-17/h13-14H,4-12H2,1-3H3,(H,18,20)/t13-,14+/m0/s1. The van der Waals surface area contributed by atoms with Crippen LogP contribution in [-0.4, -0.2) is 49.1 Å². The number of nitrogens with one attached hydrogen (secondary N) is 1. The number of amides is 2. The number of urea groups is 1. The van der Waals surface area contributed by atoms with Gasteiger partial charge < -0.3 is 19.7 Å². The van der Waals surface area contributed by atoms with Gasteiger partial charge >= 0.3 is 6.03 Å². The summed E-state index contributed by atoms with van der Waals surface area (Å²) in [6, 6.07) is 0.390. The normalized spacial score (nSPS) is 33.9. The van der Waals surface area contributed by atoms with Crippen molar-refractivity contribution in [1.29, 1.82) is 0 Å². The molecule has 1 saturated carbocycles. The average Bonchev–Trinajstić information content (AvgIpc) is 3.07. The second-order valence-electron chi connectivity index (χ2n) is 7.88. The Morgan fingerprint density at radius 2 is 1.86 bits per heavy atom. The second-order valence-corrected chi connectivity index (χ2v) is 7.88. The van der Waals surface area contributed by atoms with E-state index in [-0.39, 0.29) is 17.4 Å². The maximum Gasteiger partial charge on any atom is 0.317 e. The van der Waals surface area contributed by atoms with Crippen LogP contribution >= 0.6 is 0 Å². The lowest BCUT2D eigenvalue weighted by atomic mass is 9.87. The molecule has 3 aliphatic rings. The summed E-state index contributed by atoms with van der Waals surface area (Å²) < 4.78 is 11.6. The van der Waals surface area contributed by atoms with E-state index in [9.17, 15) is 4.79 Å². The van der Waals surface area contributed by atoms with E-state index in [1.807, 2.05) is 11.8 Å². The molecule has 0 unspecified atom stereocenters. The van der Waals surface area contributed by atoms with Gasteiger partial charge in [-0.25, -0.2) is 4.79 Å². The molecule has 22 heavy (non-hydrogen) atoms. The van der Waals surface area contributed by atoms with Crippen LogP contribution < -0.4 is 5.32 Å². The van der Waals surface area contributed by atoms with Crippen molar-refractivity contribution >= 4 is 6.03 Å². The SMILES string of the molecule is CC1(C)CCC[C@H]1NC(=O)N1CCC[C@H](C2(C)OCCO2)C1. The zero-order valence-electron chi connectivity index (χ0n) is 14.2. The zero-order chi connectivity index (χ0) is 15.8. The molecule has 0 aromatic rings. The smallest absolute Gasteiger partial charge is 0.317 e. The first-order valence-corrected chi connectivity index (χ1v) is 8.74. The van der Waals surface area contributed by atoms with Gasteiger partial charge in [0.1, 0.15) is 0 Å². The number of hydrogen-bond donors (Lipinski definition) is 1. The molecule has 0 radical (unpaired) electrons. The third kappa shape index (κ3) is 3.11. The first-order chi connectivity index (χ1) is 10.4. The predicted octanol–water partition coefficient (Wildman–Crippen LogP) is 2.75. The van der Waals surface area contributed by atoms with Crippen molar-refractivity contribution in [3.05, 3.63) is 0 Å². The molecule has 2 aliphatic heterocycles. The van der Waals surface area contributed by atoms with Crippen molar-refractivity contribution in [2.24, 2.45) is 11.3 Å². The molecule has 0 aromatic heterocycles. The van der Waals surface area contributed by atoms with Crippen LogP contribution in [0, 0.1) is 11.3 Å². The van der Waals surface area contributed by atoms with Gasteiger partial charge in [-0.1, -0.05) is 20.3 Å². The summed E-state index contributed by atoms with van der Waals surface area (Å²) in [6.07, 6.45) is 5.59. The Bertz CT molecular complexity index is 418. The van der Waals surface area contributed by atoms with Crippen LogP contribution in [0.3, 0.4) is 0 Å². The first-order valence-electron chi connectivity index (χ1n) is 8.74. The second kappa shape index (κ2) is 6.00. The minimum Gasteiger partial charge on any atom is -0.347 e. The highest BCUT2D eigenvalue weighted by atomic mass is 16.7. The van der Waals surface area contributed by atoms with Gasteiger partial charge in [-0.3, -0.25) is 0 Å². The number of ether oxygens (including phenoxy) is 2. The third-order valence-electron chi connectivity index (χ3n) is 5.87. The van der Waals surface area contributed by atoms with Crippen LogP contribution in [0.4, 0.5) is 4.79 Å². The number of carbonyl (C=O) groups excluding carboxylic acids is 1. The van der Waals surface area contributed by atoms with Crippen molar-refractivity contribution in [3.63, 3.8) is 0 Å². The average molecular weight is 310 g/mol. The molecular weight excluding hydrogens is 280 g/mol. The van der Waals surface area contributed by atoms with Gasteiger partial charge in [-0.15, -0.1) is 0 Å². The monoisotopic (exact) mass is 310 g/mol. The molecule has 1 aliphatic carbocycles.